The van der Waals surface area contributed by atoms with Gasteiger partial charge in [0.15, 0.2) is 0 Å². The van der Waals surface area contributed by atoms with E-state index < -0.39 is 0 Å². The van der Waals surface area contributed by atoms with Gasteiger partial charge in [0.2, 0.25) is 5.91 Å². The highest BCUT2D eigenvalue weighted by atomic mass is 35.5. The molecule has 1 atom stereocenters. The number of nitrogens with one attached hydrogen (secondary N) is 1. The third-order valence-corrected chi connectivity index (χ3v) is 2.31. The maximum absolute atomic E-state index is 11.3. The van der Waals surface area contributed by atoms with Crippen molar-refractivity contribution in [3.8, 4) is 0 Å². The molecule has 84 valence electrons. The molecule has 3 nitrogen and oxygen atoms in total. The molecule has 0 aliphatic rings. The second-order valence-corrected chi connectivity index (χ2v) is 4.82. The molecule has 0 aromatic rings. The van der Waals surface area contributed by atoms with Gasteiger partial charge in [-0.1, -0.05) is 20.8 Å². The Morgan fingerprint density at radius 1 is 1.50 bits per heavy atom. The molecule has 1 amide bonds. The van der Waals surface area contributed by atoms with Crippen molar-refractivity contribution < 1.29 is 9.90 Å². The van der Waals surface area contributed by atoms with Crippen molar-refractivity contribution in [2.45, 2.75) is 39.7 Å². The number of carbonyl (C=O) groups excluding carboxylic acids is 1. The van der Waals surface area contributed by atoms with Crippen LogP contribution in [0.5, 0.6) is 0 Å². The predicted molar refractivity (Wildman–Crippen MR) is 58.4 cm³/mol. The predicted octanol–water partition coefficient (Wildman–Crippen LogP) is 1.53. The van der Waals surface area contributed by atoms with Crippen molar-refractivity contribution in [2.75, 3.05) is 12.5 Å². The van der Waals surface area contributed by atoms with Gasteiger partial charge in [0.05, 0.1) is 0 Å². The number of hydrogen-bond donors (Lipinski definition) is 2. The van der Waals surface area contributed by atoms with E-state index in [4.69, 9.17) is 16.7 Å². The van der Waals surface area contributed by atoms with Crippen LogP contribution in [0.4, 0.5) is 0 Å². The number of aliphatic hydroxyl groups excluding tert-OH is 1. The Balaban J connectivity index is 4.16. The van der Waals surface area contributed by atoms with E-state index in [0.717, 1.165) is 0 Å². The topological polar surface area (TPSA) is 49.3 Å². The average Bonchev–Trinajstić information content (AvgIpc) is 2.02. The molecule has 14 heavy (non-hydrogen) atoms. The van der Waals surface area contributed by atoms with Crippen LogP contribution in [0.1, 0.15) is 33.6 Å². The lowest BCUT2D eigenvalue weighted by Crippen LogP contribution is -2.44. The lowest BCUT2D eigenvalue weighted by Gasteiger charge is -2.31. The second-order valence-electron chi connectivity index (χ2n) is 4.44. The molecule has 4 heteroatoms. The number of halogens is 1. The van der Waals surface area contributed by atoms with Gasteiger partial charge in [0.25, 0.3) is 0 Å². The van der Waals surface area contributed by atoms with E-state index in [1.807, 2.05) is 20.8 Å². The Morgan fingerprint density at radius 2 is 2.07 bits per heavy atom. The standard InChI is InChI=1S/C10H20ClNO2/c1-10(2,3)8(5-7-13)12-9(14)4-6-11/h8,13H,4-7H2,1-3H3,(H,12,14). The quantitative estimate of drug-likeness (QED) is 0.692. The van der Waals surface area contributed by atoms with Gasteiger partial charge in [0, 0.05) is 24.9 Å². The van der Waals surface area contributed by atoms with Gasteiger partial charge in [0.1, 0.15) is 0 Å². The number of amides is 1. The van der Waals surface area contributed by atoms with Crippen molar-refractivity contribution in [1.29, 1.82) is 0 Å². The molecule has 0 aromatic heterocycles. The van der Waals surface area contributed by atoms with Gasteiger partial charge in [-0.25, -0.2) is 0 Å². The Morgan fingerprint density at radius 3 is 2.43 bits per heavy atom. The molecule has 0 fully saturated rings. The summed E-state index contributed by atoms with van der Waals surface area (Å²) in [6.45, 7) is 6.19. The summed E-state index contributed by atoms with van der Waals surface area (Å²) in [7, 11) is 0. The molecular weight excluding hydrogens is 202 g/mol. The molecular formula is C10H20ClNO2. The number of rotatable bonds is 5. The van der Waals surface area contributed by atoms with E-state index in [9.17, 15) is 4.79 Å². The van der Waals surface area contributed by atoms with Crippen LogP contribution in [0.15, 0.2) is 0 Å². The van der Waals surface area contributed by atoms with Crippen molar-refractivity contribution in [1.82, 2.24) is 5.32 Å². The van der Waals surface area contributed by atoms with Crippen molar-refractivity contribution >= 4 is 17.5 Å². The summed E-state index contributed by atoms with van der Waals surface area (Å²) in [6.07, 6.45) is 0.914. The molecule has 0 rings (SSSR count). The van der Waals surface area contributed by atoms with Gasteiger partial charge in [-0.15, -0.1) is 11.6 Å². The van der Waals surface area contributed by atoms with Crippen molar-refractivity contribution in [3.63, 3.8) is 0 Å². The number of alkyl halides is 1. The van der Waals surface area contributed by atoms with E-state index in [1.54, 1.807) is 0 Å². The van der Waals surface area contributed by atoms with Crippen LogP contribution in [0, 0.1) is 5.41 Å². The number of hydrogen-bond acceptors (Lipinski definition) is 2. The summed E-state index contributed by atoms with van der Waals surface area (Å²) in [6, 6.07) is 0.00298. The summed E-state index contributed by atoms with van der Waals surface area (Å²) in [5, 5.41) is 11.7. The Labute approximate surface area is 90.8 Å². The van der Waals surface area contributed by atoms with Crippen LogP contribution < -0.4 is 5.32 Å². The highest BCUT2D eigenvalue weighted by molar-refractivity contribution is 6.18. The monoisotopic (exact) mass is 221 g/mol. The molecule has 0 saturated carbocycles. The lowest BCUT2D eigenvalue weighted by atomic mass is 9.85. The molecule has 0 aromatic carbocycles. The third-order valence-electron chi connectivity index (χ3n) is 2.12. The smallest absolute Gasteiger partial charge is 0.221 e. The molecule has 0 bridgehead atoms. The van der Waals surface area contributed by atoms with E-state index >= 15 is 0 Å². The summed E-state index contributed by atoms with van der Waals surface area (Å²) < 4.78 is 0. The van der Waals surface area contributed by atoms with Crippen molar-refractivity contribution in [3.05, 3.63) is 0 Å². The first-order valence-electron chi connectivity index (χ1n) is 4.88. The van der Waals surface area contributed by atoms with Crippen LogP contribution in [-0.4, -0.2) is 29.5 Å². The molecule has 0 heterocycles. The Bertz CT molecular complexity index is 177. The summed E-state index contributed by atoms with van der Waals surface area (Å²) in [5.74, 6) is 0.287. The maximum Gasteiger partial charge on any atom is 0.221 e. The third kappa shape index (κ3) is 5.45. The fourth-order valence-electron chi connectivity index (χ4n) is 1.20. The maximum atomic E-state index is 11.3. The minimum atomic E-state index is -0.0478. The molecule has 1 unspecified atom stereocenters. The van der Waals surface area contributed by atoms with E-state index in [2.05, 4.69) is 5.32 Å². The van der Waals surface area contributed by atoms with Gasteiger partial charge in [-0.05, 0) is 11.8 Å². The van der Waals surface area contributed by atoms with Crippen LogP contribution in [0.2, 0.25) is 0 Å². The molecule has 0 aliphatic heterocycles. The largest absolute Gasteiger partial charge is 0.396 e. The van der Waals surface area contributed by atoms with Crippen LogP contribution in [0.25, 0.3) is 0 Å². The minimum Gasteiger partial charge on any atom is -0.396 e. The van der Waals surface area contributed by atoms with Crippen LogP contribution in [0.3, 0.4) is 0 Å². The first-order chi connectivity index (χ1) is 6.41. The number of carbonyl (C=O) groups is 1. The normalized spacial score (nSPS) is 13.8. The minimum absolute atomic E-state index is 0.00298. The molecule has 0 spiro atoms. The highest BCUT2D eigenvalue weighted by Gasteiger charge is 2.25. The zero-order valence-corrected chi connectivity index (χ0v) is 9.90. The first kappa shape index (κ1) is 13.7. The zero-order chi connectivity index (χ0) is 11.2. The number of aliphatic hydroxyl groups is 1. The van der Waals surface area contributed by atoms with Gasteiger partial charge in [-0.3, -0.25) is 4.79 Å². The zero-order valence-electron chi connectivity index (χ0n) is 9.14. The van der Waals surface area contributed by atoms with Crippen molar-refractivity contribution in [2.24, 2.45) is 5.41 Å². The molecule has 2 N–H and O–H groups in total. The van der Waals surface area contributed by atoms with Gasteiger partial charge in [-0.2, -0.15) is 0 Å². The van der Waals surface area contributed by atoms with Gasteiger partial charge < -0.3 is 10.4 Å². The summed E-state index contributed by atoms with van der Waals surface area (Å²) in [5.41, 5.74) is -0.0370. The van der Waals surface area contributed by atoms with E-state index in [1.165, 1.54) is 0 Å². The highest BCUT2D eigenvalue weighted by Crippen LogP contribution is 2.21. The fraction of sp³-hybridized carbons (Fsp3) is 0.900. The Hall–Kier alpha value is -0.280. The summed E-state index contributed by atoms with van der Waals surface area (Å²) >= 11 is 5.46. The fourth-order valence-corrected chi connectivity index (χ4v) is 1.37. The second kappa shape index (κ2) is 6.25. The van der Waals surface area contributed by atoms with Crippen LogP contribution in [-0.2, 0) is 4.79 Å². The van der Waals surface area contributed by atoms with Gasteiger partial charge >= 0.3 is 0 Å². The Kier molecular flexibility index (Phi) is 6.12. The SMILES string of the molecule is CC(C)(C)C(CCO)NC(=O)CCCl. The van der Waals surface area contributed by atoms with E-state index in [-0.39, 0.29) is 24.0 Å². The molecule has 0 saturated heterocycles. The van der Waals surface area contributed by atoms with Crippen LogP contribution >= 0.6 is 11.6 Å². The average molecular weight is 222 g/mol. The molecule has 0 aliphatic carbocycles. The van der Waals surface area contributed by atoms with E-state index in [0.29, 0.717) is 18.7 Å². The molecule has 0 radical (unpaired) electrons. The first-order valence-corrected chi connectivity index (χ1v) is 5.41. The lowest BCUT2D eigenvalue weighted by molar-refractivity contribution is -0.122. The summed E-state index contributed by atoms with van der Waals surface area (Å²) in [4.78, 5) is 11.3.